The van der Waals surface area contributed by atoms with E-state index >= 15 is 0 Å². The standard InChI is InChI=1S/C12H16O2/c1-10(12-9-14-12)7-13-8-11-5-3-2-4-6-11/h2-6,10,12H,7-9H2,1H3/t10-,12-/m0/s1. The van der Waals surface area contributed by atoms with Crippen LogP contribution in [0.15, 0.2) is 30.3 Å². The first kappa shape index (κ1) is 9.69. The van der Waals surface area contributed by atoms with Gasteiger partial charge in [0.15, 0.2) is 0 Å². The lowest BCUT2D eigenvalue weighted by molar-refractivity contribution is 0.0825. The van der Waals surface area contributed by atoms with Crippen molar-refractivity contribution in [2.75, 3.05) is 13.2 Å². The maximum Gasteiger partial charge on any atom is 0.0857 e. The predicted molar refractivity (Wildman–Crippen MR) is 55.0 cm³/mol. The molecule has 1 heterocycles. The summed E-state index contributed by atoms with van der Waals surface area (Å²) in [4.78, 5) is 0. The minimum absolute atomic E-state index is 0.450. The van der Waals surface area contributed by atoms with Gasteiger partial charge in [0.1, 0.15) is 0 Å². The Morgan fingerprint density at radius 2 is 2.14 bits per heavy atom. The zero-order chi connectivity index (χ0) is 9.80. The van der Waals surface area contributed by atoms with Crippen LogP contribution in [0, 0.1) is 5.92 Å². The van der Waals surface area contributed by atoms with Gasteiger partial charge in [0.2, 0.25) is 0 Å². The molecule has 0 amide bonds. The largest absolute Gasteiger partial charge is 0.376 e. The Balaban J connectivity index is 1.67. The lowest BCUT2D eigenvalue weighted by Crippen LogP contribution is -2.11. The van der Waals surface area contributed by atoms with Crippen molar-refractivity contribution in [2.45, 2.75) is 19.6 Å². The van der Waals surface area contributed by atoms with E-state index in [1.165, 1.54) is 5.56 Å². The molecule has 2 heteroatoms. The van der Waals surface area contributed by atoms with Gasteiger partial charge in [0.25, 0.3) is 0 Å². The molecule has 0 spiro atoms. The summed E-state index contributed by atoms with van der Waals surface area (Å²) in [6.07, 6.45) is 0.450. The van der Waals surface area contributed by atoms with E-state index < -0.39 is 0 Å². The van der Waals surface area contributed by atoms with Gasteiger partial charge in [-0.3, -0.25) is 0 Å². The van der Waals surface area contributed by atoms with Crippen molar-refractivity contribution in [3.05, 3.63) is 35.9 Å². The third-order valence-corrected chi connectivity index (χ3v) is 2.49. The molecule has 0 aliphatic carbocycles. The number of epoxide rings is 1. The summed E-state index contributed by atoms with van der Waals surface area (Å²) in [5, 5.41) is 0. The molecule has 1 aromatic carbocycles. The highest BCUT2D eigenvalue weighted by molar-refractivity contribution is 5.13. The number of rotatable bonds is 5. The third-order valence-electron chi connectivity index (χ3n) is 2.49. The van der Waals surface area contributed by atoms with Crippen LogP contribution in [0.5, 0.6) is 0 Å². The highest BCUT2D eigenvalue weighted by Crippen LogP contribution is 2.20. The van der Waals surface area contributed by atoms with Crippen LogP contribution < -0.4 is 0 Å². The Hall–Kier alpha value is -0.860. The molecule has 0 aromatic heterocycles. The summed E-state index contributed by atoms with van der Waals surface area (Å²) in [5.74, 6) is 0.527. The van der Waals surface area contributed by atoms with Crippen LogP contribution in [0.1, 0.15) is 12.5 Å². The average Bonchev–Trinajstić information content (AvgIpc) is 3.02. The van der Waals surface area contributed by atoms with Crippen LogP contribution in [0.25, 0.3) is 0 Å². The van der Waals surface area contributed by atoms with Gasteiger partial charge >= 0.3 is 0 Å². The molecule has 1 aromatic rings. The van der Waals surface area contributed by atoms with Gasteiger partial charge in [-0.05, 0) is 5.56 Å². The van der Waals surface area contributed by atoms with Gasteiger partial charge in [-0.2, -0.15) is 0 Å². The quantitative estimate of drug-likeness (QED) is 0.667. The fourth-order valence-corrected chi connectivity index (χ4v) is 1.43. The molecule has 1 aliphatic heterocycles. The zero-order valence-corrected chi connectivity index (χ0v) is 8.48. The van der Waals surface area contributed by atoms with Gasteiger partial charge < -0.3 is 9.47 Å². The van der Waals surface area contributed by atoms with Crippen molar-refractivity contribution >= 4 is 0 Å². The van der Waals surface area contributed by atoms with Crippen molar-refractivity contribution in [1.29, 1.82) is 0 Å². The molecule has 1 saturated heterocycles. The van der Waals surface area contributed by atoms with Gasteiger partial charge in [-0.25, -0.2) is 0 Å². The topological polar surface area (TPSA) is 21.8 Å². The van der Waals surface area contributed by atoms with Crippen LogP contribution in [0.3, 0.4) is 0 Å². The van der Waals surface area contributed by atoms with E-state index in [-0.39, 0.29) is 0 Å². The van der Waals surface area contributed by atoms with Crippen LogP contribution in [-0.2, 0) is 16.1 Å². The Kier molecular flexibility index (Phi) is 3.17. The molecular formula is C12H16O2. The maximum atomic E-state index is 5.60. The molecule has 2 nitrogen and oxygen atoms in total. The SMILES string of the molecule is C[C@@H](COCc1ccccc1)[C@@H]1CO1. The molecule has 0 bridgehead atoms. The van der Waals surface area contributed by atoms with Crippen LogP contribution in [0.2, 0.25) is 0 Å². The molecule has 2 atom stereocenters. The Bertz CT molecular complexity index is 267. The summed E-state index contributed by atoms with van der Waals surface area (Å²) in [7, 11) is 0. The van der Waals surface area contributed by atoms with Gasteiger partial charge in [0.05, 0.1) is 25.9 Å². The molecule has 0 N–H and O–H groups in total. The highest BCUT2D eigenvalue weighted by atomic mass is 16.6. The molecular weight excluding hydrogens is 176 g/mol. The summed E-state index contributed by atoms with van der Waals surface area (Å²) >= 11 is 0. The normalized spacial score (nSPS) is 21.9. The van der Waals surface area contributed by atoms with Crippen molar-refractivity contribution in [2.24, 2.45) is 5.92 Å². The summed E-state index contributed by atoms with van der Waals surface area (Å²) in [5.41, 5.74) is 1.23. The first-order chi connectivity index (χ1) is 6.86. The van der Waals surface area contributed by atoms with Crippen molar-refractivity contribution in [3.63, 3.8) is 0 Å². The lowest BCUT2D eigenvalue weighted by atomic mass is 10.1. The van der Waals surface area contributed by atoms with Crippen molar-refractivity contribution in [1.82, 2.24) is 0 Å². The molecule has 1 aliphatic rings. The minimum Gasteiger partial charge on any atom is -0.376 e. The first-order valence-electron chi connectivity index (χ1n) is 5.09. The molecule has 0 radical (unpaired) electrons. The van der Waals surface area contributed by atoms with Crippen molar-refractivity contribution < 1.29 is 9.47 Å². The average molecular weight is 192 g/mol. The van der Waals surface area contributed by atoms with Crippen molar-refractivity contribution in [3.8, 4) is 0 Å². The lowest BCUT2D eigenvalue weighted by Gasteiger charge is -2.08. The molecule has 1 fully saturated rings. The smallest absolute Gasteiger partial charge is 0.0857 e. The fourth-order valence-electron chi connectivity index (χ4n) is 1.43. The molecule has 14 heavy (non-hydrogen) atoms. The van der Waals surface area contributed by atoms with Gasteiger partial charge in [0, 0.05) is 5.92 Å². The van der Waals surface area contributed by atoms with E-state index in [1.807, 2.05) is 18.2 Å². The second kappa shape index (κ2) is 4.58. The maximum absolute atomic E-state index is 5.60. The van der Waals surface area contributed by atoms with E-state index in [2.05, 4.69) is 19.1 Å². The van der Waals surface area contributed by atoms with Gasteiger partial charge in [-0.15, -0.1) is 0 Å². The number of benzene rings is 1. The highest BCUT2D eigenvalue weighted by Gasteiger charge is 2.29. The Labute approximate surface area is 84.8 Å². The number of hydrogen-bond donors (Lipinski definition) is 0. The second-order valence-corrected chi connectivity index (χ2v) is 3.85. The first-order valence-corrected chi connectivity index (χ1v) is 5.09. The van der Waals surface area contributed by atoms with Crippen LogP contribution >= 0.6 is 0 Å². The minimum atomic E-state index is 0.450. The molecule has 76 valence electrons. The van der Waals surface area contributed by atoms with Crippen LogP contribution in [0.4, 0.5) is 0 Å². The monoisotopic (exact) mass is 192 g/mol. The Morgan fingerprint density at radius 3 is 2.79 bits per heavy atom. The van der Waals surface area contributed by atoms with E-state index in [4.69, 9.17) is 9.47 Å². The van der Waals surface area contributed by atoms with Gasteiger partial charge in [-0.1, -0.05) is 37.3 Å². The third kappa shape index (κ3) is 2.82. The molecule has 0 saturated carbocycles. The fraction of sp³-hybridized carbons (Fsp3) is 0.500. The second-order valence-electron chi connectivity index (χ2n) is 3.85. The summed E-state index contributed by atoms with van der Waals surface area (Å²) in [6.45, 7) is 4.58. The van der Waals surface area contributed by atoms with E-state index in [9.17, 15) is 0 Å². The summed E-state index contributed by atoms with van der Waals surface area (Å²) < 4.78 is 10.8. The van der Waals surface area contributed by atoms with E-state index in [0.29, 0.717) is 18.6 Å². The van der Waals surface area contributed by atoms with E-state index in [1.54, 1.807) is 0 Å². The zero-order valence-electron chi connectivity index (χ0n) is 8.48. The van der Waals surface area contributed by atoms with E-state index in [0.717, 1.165) is 13.2 Å². The molecule has 0 unspecified atom stereocenters. The number of hydrogen-bond acceptors (Lipinski definition) is 2. The Morgan fingerprint density at radius 1 is 1.43 bits per heavy atom. The van der Waals surface area contributed by atoms with Crippen LogP contribution in [-0.4, -0.2) is 19.3 Å². The molecule has 2 rings (SSSR count). The summed E-state index contributed by atoms with van der Waals surface area (Å²) in [6, 6.07) is 10.2. The predicted octanol–water partition coefficient (Wildman–Crippen LogP) is 2.24. The number of ether oxygens (including phenoxy) is 2.